The van der Waals surface area contributed by atoms with Crippen molar-refractivity contribution in [3.63, 3.8) is 0 Å². The van der Waals surface area contributed by atoms with Crippen LogP contribution in [0.1, 0.15) is 24.1 Å². The fourth-order valence-electron chi connectivity index (χ4n) is 2.58. The average molecular weight is 493 g/mol. The second-order valence-electron chi connectivity index (χ2n) is 6.72. The van der Waals surface area contributed by atoms with Gasteiger partial charge in [-0.15, -0.1) is 0 Å². The van der Waals surface area contributed by atoms with Crippen LogP contribution in [-0.2, 0) is 30.5 Å². The molecule has 12 heteroatoms. The summed E-state index contributed by atoms with van der Waals surface area (Å²) in [6.45, 7) is 0.237. The second-order valence-corrected chi connectivity index (χ2v) is 8.86. The van der Waals surface area contributed by atoms with E-state index < -0.39 is 56.7 Å². The number of sulfonamides is 1. The van der Waals surface area contributed by atoms with Crippen molar-refractivity contribution in [3.8, 4) is 0 Å². The van der Waals surface area contributed by atoms with Gasteiger partial charge in [0.25, 0.3) is 5.91 Å². The number of benzene rings is 2. The summed E-state index contributed by atoms with van der Waals surface area (Å²) >= 11 is 5.71. The molecule has 0 saturated heterocycles. The van der Waals surface area contributed by atoms with Crippen LogP contribution >= 0.6 is 11.6 Å². The summed E-state index contributed by atoms with van der Waals surface area (Å²) in [5, 5.41) is -0.453. The highest BCUT2D eigenvalue weighted by molar-refractivity contribution is 7.89. The molecule has 1 amide bonds. The van der Waals surface area contributed by atoms with Crippen LogP contribution in [0.3, 0.4) is 0 Å². The molecule has 0 fully saturated rings. The lowest BCUT2D eigenvalue weighted by Gasteiger charge is -2.25. The number of ether oxygens (including phenoxy) is 1. The van der Waals surface area contributed by atoms with Crippen LogP contribution in [0.5, 0.6) is 0 Å². The molecule has 174 valence electrons. The smallest absolute Gasteiger partial charge is 0.416 e. The number of carbonyl (C=O) groups is 2. The molecule has 0 saturated carbocycles. The lowest BCUT2D eigenvalue weighted by molar-refractivity contribution is -0.151. The van der Waals surface area contributed by atoms with Crippen molar-refractivity contribution in [2.45, 2.75) is 24.0 Å². The van der Waals surface area contributed by atoms with E-state index >= 15 is 0 Å². The monoisotopic (exact) mass is 492 g/mol. The SMILES string of the molecule is CC(c1ccccc1)N(C)C(=O)COC(=O)CNS(=O)(=O)c1cc(C(F)(F)F)ccc1Cl. The fourth-order valence-corrected chi connectivity index (χ4v) is 4.08. The Morgan fingerprint density at radius 3 is 2.38 bits per heavy atom. The average Bonchev–Trinajstić information content (AvgIpc) is 2.75. The van der Waals surface area contributed by atoms with E-state index in [2.05, 4.69) is 0 Å². The Balaban J connectivity index is 1.94. The van der Waals surface area contributed by atoms with Crippen LogP contribution in [-0.4, -0.2) is 45.4 Å². The number of carbonyl (C=O) groups excluding carboxylic acids is 2. The first-order valence-electron chi connectivity index (χ1n) is 9.15. The van der Waals surface area contributed by atoms with E-state index in [-0.39, 0.29) is 6.04 Å². The number of nitrogens with zero attached hydrogens (tertiary/aromatic N) is 1. The molecule has 1 unspecified atom stereocenters. The first-order valence-corrected chi connectivity index (χ1v) is 11.0. The predicted octanol–water partition coefficient (Wildman–Crippen LogP) is 3.40. The molecule has 0 aliphatic heterocycles. The van der Waals surface area contributed by atoms with Gasteiger partial charge in [0, 0.05) is 7.05 Å². The van der Waals surface area contributed by atoms with Crippen molar-refractivity contribution >= 4 is 33.5 Å². The van der Waals surface area contributed by atoms with Gasteiger partial charge < -0.3 is 9.64 Å². The van der Waals surface area contributed by atoms with Crippen LogP contribution in [0.4, 0.5) is 13.2 Å². The maximum atomic E-state index is 12.8. The third kappa shape index (κ3) is 6.68. The van der Waals surface area contributed by atoms with Gasteiger partial charge in [0.1, 0.15) is 11.4 Å². The molecule has 0 radical (unpaired) electrons. The molecule has 0 heterocycles. The van der Waals surface area contributed by atoms with Gasteiger partial charge in [0.2, 0.25) is 10.0 Å². The summed E-state index contributed by atoms with van der Waals surface area (Å²) in [6, 6.07) is 10.6. The van der Waals surface area contributed by atoms with Crippen molar-refractivity contribution < 1.29 is 35.9 Å². The number of esters is 1. The Kier molecular flexibility index (Phi) is 8.27. The zero-order valence-electron chi connectivity index (χ0n) is 17.0. The molecule has 2 aromatic carbocycles. The Morgan fingerprint density at radius 1 is 1.16 bits per heavy atom. The molecular formula is C20H20ClF3N2O5S. The highest BCUT2D eigenvalue weighted by Gasteiger charge is 2.33. The third-order valence-corrected chi connectivity index (χ3v) is 6.45. The summed E-state index contributed by atoms with van der Waals surface area (Å²) in [7, 11) is -3.03. The highest BCUT2D eigenvalue weighted by atomic mass is 35.5. The van der Waals surface area contributed by atoms with E-state index in [9.17, 15) is 31.2 Å². The minimum Gasteiger partial charge on any atom is -0.455 e. The maximum absolute atomic E-state index is 12.8. The number of halogens is 4. The second kappa shape index (κ2) is 10.3. The van der Waals surface area contributed by atoms with Crippen molar-refractivity contribution in [3.05, 3.63) is 64.7 Å². The number of hydrogen-bond donors (Lipinski definition) is 1. The van der Waals surface area contributed by atoms with Gasteiger partial charge in [-0.25, -0.2) is 8.42 Å². The summed E-state index contributed by atoms with van der Waals surface area (Å²) in [5.74, 6) is -1.62. The van der Waals surface area contributed by atoms with E-state index in [1.165, 1.54) is 11.9 Å². The Labute approximate surface area is 188 Å². The van der Waals surface area contributed by atoms with Gasteiger partial charge >= 0.3 is 12.1 Å². The zero-order valence-corrected chi connectivity index (χ0v) is 18.6. The predicted molar refractivity (Wildman–Crippen MR) is 110 cm³/mol. The molecule has 7 nitrogen and oxygen atoms in total. The molecule has 2 aromatic rings. The standard InChI is InChI=1S/C20H20ClF3N2O5S/c1-13(14-6-4-3-5-7-14)26(2)18(27)12-31-19(28)11-25-32(29,30)17-10-15(20(22,23)24)8-9-16(17)21/h3-10,13,25H,11-12H2,1-2H3. The van der Waals surface area contributed by atoms with Crippen molar-refractivity contribution in [2.75, 3.05) is 20.2 Å². The number of alkyl halides is 3. The molecular weight excluding hydrogens is 473 g/mol. The van der Waals surface area contributed by atoms with E-state index in [4.69, 9.17) is 16.3 Å². The van der Waals surface area contributed by atoms with Crippen LogP contribution in [0.2, 0.25) is 5.02 Å². The van der Waals surface area contributed by atoms with Crippen molar-refractivity contribution in [1.82, 2.24) is 9.62 Å². The van der Waals surface area contributed by atoms with E-state index in [1.807, 2.05) is 35.1 Å². The van der Waals surface area contributed by atoms with Gasteiger partial charge in [0.05, 0.1) is 16.6 Å². The number of nitrogens with one attached hydrogen (secondary N) is 1. The third-order valence-electron chi connectivity index (χ3n) is 4.57. The zero-order chi connectivity index (χ0) is 24.1. The van der Waals surface area contributed by atoms with Crippen LogP contribution in [0.15, 0.2) is 53.4 Å². The number of amides is 1. The van der Waals surface area contributed by atoms with E-state index in [0.717, 1.165) is 11.6 Å². The van der Waals surface area contributed by atoms with Gasteiger partial charge in [-0.3, -0.25) is 9.59 Å². The molecule has 0 aliphatic rings. The van der Waals surface area contributed by atoms with Crippen molar-refractivity contribution in [1.29, 1.82) is 0 Å². The molecule has 0 spiro atoms. The molecule has 1 atom stereocenters. The number of hydrogen-bond acceptors (Lipinski definition) is 5. The summed E-state index contributed by atoms with van der Waals surface area (Å²) in [6.07, 6.45) is -4.78. The Bertz CT molecular complexity index is 1080. The van der Waals surface area contributed by atoms with E-state index in [0.29, 0.717) is 12.1 Å². The molecule has 0 bridgehead atoms. The largest absolute Gasteiger partial charge is 0.455 e. The summed E-state index contributed by atoms with van der Waals surface area (Å²) < 4.78 is 69.7. The first-order chi connectivity index (χ1) is 14.8. The molecule has 2 rings (SSSR count). The molecule has 0 aliphatic carbocycles. The summed E-state index contributed by atoms with van der Waals surface area (Å²) in [5.41, 5.74) is -0.355. The quantitative estimate of drug-likeness (QED) is 0.570. The lowest BCUT2D eigenvalue weighted by atomic mass is 10.1. The lowest BCUT2D eigenvalue weighted by Crippen LogP contribution is -2.36. The van der Waals surface area contributed by atoms with Crippen molar-refractivity contribution in [2.24, 2.45) is 0 Å². The van der Waals surface area contributed by atoms with Crippen LogP contribution in [0, 0.1) is 0 Å². The summed E-state index contributed by atoms with van der Waals surface area (Å²) in [4.78, 5) is 24.6. The fraction of sp³-hybridized carbons (Fsp3) is 0.300. The number of rotatable bonds is 8. The number of likely N-dealkylation sites (N-methyl/N-ethyl adjacent to an activating group) is 1. The van der Waals surface area contributed by atoms with Gasteiger partial charge in [-0.2, -0.15) is 17.9 Å². The molecule has 0 aromatic heterocycles. The van der Waals surface area contributed by atoms with Crippen LogP contribution < -0.4 is 4.72 Å². The van der Waals surface area contributed by atoms with Gasteiger partial charge in [0.15, 0.2) is 6.61 Å². The van der Waals surface area contributed by atoms with Crippen LogP contribution in [0.25, 0.3) is 0 Å². The highest BCUT2D eigenvalue weighted by Crippen LogP contribution is 2.33. The molecule has 1 N–H and O–H groups in total. The Hall–Kier alpha value is -2.63. The maximum Gasteiger partial charge on any atom is 0.416 e. The molecule has 32 heavy (non-hydrogen) atoms. The normalized spacial score (nSPS) is 12.8. The van der Waals surface area contributed by atoms with E-state index in [1.54, 1.807) is 6.92 Å². The first kappa shape index (κ1) is 25.6. The van der Waals surface area contributed by atoms with Gasteiger partial charge in [-0.05, 0) is 30.7 Å². The topological polar surface area (TPSA) is 92.8 Å². The Morgan fingerprint density at radius 2 is 1.78 bits per heavy atom. The van der Waals surface area contributed by atoms with Gasteiger partial charge in [-0.1, -0.05) is 41.9 Å². The minimum absolute atomic E-state index is 0.302. The minimum atomic E-state index is -4.78.